The molecule has 2 rings (SSSR count). The summed E-state index contributed by atoms with van der Waals surface area (Å²) in [6.45, 7) is 3.70. The van der Waals surface area contributed by atoms with E-state index < -0.39 is 16.4 Å². The number of non-ortho nitro benzene ring substituents is 1. The lowest BCUT2D eigenvalue weighted by Gasteiger charge is -2.30. The Labute approximate surface area is 145 Å². The molecular formula is C16H22N4O5. The molecule has 0 bridgehead atoms. The number of nitrogens with one attached hydrogen (secondary N) is 1. The van der Waals surface area contributed by atoms with Crippen LogP contribution in [0.5, 0.6) is 5.75 Å². The van der Waals surface area contributed by atoms with Crippen molar-refractivity contribution >= 4 is 23.2 Å². The normalized spacial score (nSPS) is 13.9. The molecule has 3 N–H and O–H groups in total. The van der Waals surface area contributed by atoms with Crippen LogP contribution in [0.2, 0.25) is 0 Å². The number of benzene rings is 1. The highest BCUT2D eigenvalue weighted by Crippen LogP contribution is 2.35. The number of hydrogen-bond acceptors (Lipinski definition) is 6. The third kappa shape index (κ3) is 4.24. The Morgan fingerprint density at radius 1 is 1.44 bits per heavy atom. The highest BCUT2D eigenvalue weighted by atomic mass is 16.6. The summed E-state index contributed by atoms with van der Waals surface area (Å²) >= 11 is 0. The van der Waals surface area contributed by atoms with E-state index in [9.17, 15) is 19.7 Å². The fourth-order valence-electron chi connectivity index (χ4n) is 2.45. The van der Waals surface area contributed by atoms with E-state index in [4.69, 9.17) is 10.5 Å². The Kier molecular flexibility index (Phi) is 5.58. The highest BCUT2D eigenvalue weighted by Gasteiger charge is 2.30. The van der Waals surface area contributed by atoms with Gasteiger partial charge in [0.1, 0.15) is 12.3 Å². The van der Waals surface area contributed by atoms with Gasteiger partial charge in [0.05, 0.1) is 10.6 Å². The minimum atomic E-state index is -0.567. The molecule has 9 nitrogen and oxygen atoms in total. The maximum Gasteiger partial charge on any atom is 0.271 e. The molecule has 0 aromatic heterocycles. The second-order valence-electron chi connectivity index (χ2n) is 6.02. The fraction of sp³-hybridized carbons (Fsp3) is 0.500. The van der Waals surface area contributed by atoms with E-state index in [0.29, 0.717) is 25.1 Å². The summed E-state index contributed by atoms with van der Waals surface area (Å²) in [5.41, 5.74) is 5.68. The SMILES string of the molecule is CCC(N)(CC)CNC(=O)CN1C(=O)COc2ccc([N+](=O)[O-])cc21. The molecule has 0 aliphatic carbocycles. The molecule has 0 saturated heterocycles. The van der Waals surface area contributed by atoms with Gasteiger partial charge in [-0.15, -0.1) is 0 Å². The van der Waals surface area contributed by atoms with Gasteiger partial charge >= 0.3 is 0 Å². The predicted octanol–water partition coefficient (Wildman–Crippen LogP) is 0.954. The number of carbonyl (C=O) groups is 2. The van der Waals surface area contributed by atoms with Crippen LogP contribution in [0.4, 0.5) is 11.4 Å². The Balaban J connectivity index is 2.14. The van der Waals surface area contributed by atoms with Crippen LogP contribution in [0.3, 0.4) is 0 Å². The van der Waals surface area contributed by atoms with Crippen LogP contribution < -0.4 is 20.7 Å². The minimum Gasteiger partial charge on any atom is -0.482 e. The van der Waals surface area contributed by atoms with Crippen LogP contribution in [-0.4, -0.2) is 42.0 Å². The summed E-state index contributed by atoms with van der Waals surface area (Å²) in [6.07, 6.45) is 1.41. The van der Waals surface area contributed by atoms with Crippen LogP contribution in [0, 0.1) is 10.1 Å². The quantitative estimate of drug-likeness (QED) is 0.557. The molecule has 1 aliphatic rings. The van der Waals surface area contributed by atoms with Crippen LogP contribution in [0.15, 0.2) is 18.2 Å². The first-order valence-corrected chi connectivity index (χ1v) is 8.07. The Hall–Kier alpha value is -2.68. The number of carbonyl (C=O) groups excluding carboxylic acids is 2. The van der Waals surface area contributed by atoms with Crippen molar-refractivity contribution in [2.75, 3.05) is 24.6 Å². The van der Waals surface area contributed by atoms with Crippen molar-refractivity contribution in [2.24, 2.45) is 5.73 Å². The second-order valence-corrected chi connectivity index (χ2v) is 6.02. The zero-order chi connectivity index (χ0) is 18.6. The molecule has 1 aromatic rings. The van der Waals surface area contributed by atoms with Crippen LogP contribution in [0.25, 0.3) is 0 Å². The number of amides is 2. The molecule has 1 heterocycles. The molecule has 25 heavy (non-hydrogen) atoms. The molecule has 1 aromatic carbocycles. The lowest BCUT2D eigenvalue weighted by molar-refractivity contribution is -0.384. The van der Waals surface area contributed by atoms with Crippen molar-refractivity contribution in [3.63, 3.8) is 0 Å². The molecule has 9 heteroatoms. The number of ether oxygens (including phenoxy) is 1. The molecule has 0 spiro atoms. The minimum absolute atomic E-state index is 0.180. The summed E-state index contributed by atoms with van der Waals surface area (Å²) in [4.78, 5) is 35.9. The molecule has 0 fully saturated rings. The van der Waals surface area contributed by atoms with Crippen molar-refractivity contribution in [3.8, 4) is 5.75 Å². The van der Waals surface area contributed by atoms with E-state index in [-0.39, 0.29) is 30.4 Å². The second kappa shape index (κ2) is 7.47. The molecule has 136 valence electrons. The van der Waals surface area contributed by atoms with Crippen LogP contribution in [0.1, 0.15) is 26.7 Å². The molecule has 0 radical (unpaired) electrons. The first-order chi connectivity index (χ1) is 11.8. The zero-order valence-corrected chi connectivity index (χ0v) is 14.3. The first kappa shape index (κ1) is 18.7. The van der Waals surface area contributed by atoms with Gasteiger partial charge in [0.15, 0.2) is 6.61 Å². The number of nitrogens with two attached hydrogens (primary N) is 1. The van der Waals surface area contributed by atoms with Crippen molar-refractivity contribution < 1.29 is 19.2 Å². The van der Waals surface area contributed by atoms with Gasteiger partial charge < -0.3 is 15.8 Å². The number of nitro benzene ring substituents is 1. The topological polar surface area (TPSA) is 128 Å². The fourth-order valence-corrected chi connectivity index (χ4v) is 2.45. The maximum atomic E-state index is 12.2. The first-order valence-electron chi connectivity index (χ1n) is 8.07. The van der Waals surface area contributed by atoms with Crippen molar-refractivity contribution in [1.29, 1.82) is 0 Å². The monoisotopic (exact) mass is 350 g/mol. The van der Waals surface area contributed by atoms with Gasteiger partial charge in [0.25, 0.3) is 11.6 Å². The predicted molar refractivity (Wildman–Crippen MR) is 91.5 cm³/mol. The van der Waals surface area contributed by atoms with Crippen molar-refractivity contribution in [2.45, 2.75) is 32.2 Å². The Morgan fingerprint density at radius 3 is 2.72 bits per heavy atom. The molecule has 0 saturated carbocycles. The number of nitrogens with zero attached hydrogens (tertiary/aromatic N) is 2. The average Bonchev–Trinajstić information content (AvgIpc) is 2.61. The summed E-state index contributed by atoms with van der Waals surface area (Å²) in [5.74, 6) is -0.495. The lowest BCUT2D eigenvalue weighted by atomic mass is 9.94. The van der Waals surface area contributed by atoms with Gasteiger partial charge in [-0.3, -0.25) is 24.6 Å². The third-order valence-corrected chi connectivity index (χ3v) is 4.44. The van der Waals surface area contributed by atoms with Crippen LogP contribution in [-0.2, 0) is 9.59 Å². The number of hydrogen-bond donors (Lipinski definition) is 2. The van der Waals surface area contributed by atoms with E-state index in [1.165, 1.54) is 23.1 Å². The van der Waals surface area contributed by atoms with E-state index >= 15 is 0 Å². The average molecular weight is 350 g/mol. The van der Waals surface area contributed by atoms with Crippen molar-refractivity contribution in [1.82, 2.24) is 5.32 Å². The van der Waals surface area contributed by atoms with E-state index in [2.05, 4.69) is 5.32 Å². The largest absolute Gasteiger partial charge is 0.482 e. The van der Waals surface area contributed by atoms with Gasteiger partial charge in [0, 0.05) is 24.2 Å². The summed E-state index contributed by atoms with van der Waals surface area (Å²) in [6, 6.07) is 3.94. The van der Waals surface area contributed by atoms with E-state index in [0.717, 1.165) is 0 Å². The molecule has 2 amide bonds. The standard InChI is InChI=1S/C16H22N4O5/c1-3-16(17,4-2)10-18-14(21)8-19-12-7-11(20(23)24)5-6-13(12)25-9-15(19)22/h5-7H,3-4,8-10,17H2,1-2H3,(H,18,21). The number of rotatable bonds is 7. The summed E-state index contributed by atoms with van der Waals surface area (Å²) in [5, 5.41) is 13.7. The van der Waals surface area contributed by atoms with Crippen molar-refractivity contribution in [3.05, 3.63) is 28.3 Å². The smallest absolute Gasteiger partial charge is 0.271 e. The number of fused-ring (bicyclic) bond motifs is 1. The van der Waals surface area contributed by atoms with Crippen LogP contribution >= 0.6 is 0 Å². The van der Waals surface area contributed by atoms with Gasteiger partial charge in [-0.1, -0.05) is 13.8 Å². The van der Waals surface area contributed by atoms with Gasteiger partial charge in [0.2, 0.25) is 5.91 Å². The van der Waals surface area contributed by atoms with E-state index in [1.807, 2.05) is 13.8 Å². The number of anilines is 1. The zero-order valence-electron chi connectivity index (χ0n) is 14.3. The van der Waals surface area contributed by atoms with Gasteiger partial charge in [-0.2, -0.15) is 0 Å². The summed E-state index contributed by atoms with van der Waals surface area (Å²) in [7, 11) is 0. The molecule has 0 atom stereocenters. The van der Waals surface area contributed by atoms with Gasteiger partial charge in [-0.05, 0) is 18.9 Å². The molecule has 1 aliphatic heterocycles. The van der Waals surface area contributed by atoms with E-state index in [1.54, 1.807) is 0 Å². The Morgan fingerprint density at radius 2 is 2.12 bits per heavy atom. The maximum absolute atomic E-state index is 12.2. The lowest BCUT2D eigenvalue weighted by Crippen LogP contribution is -2.52. The summed E-state index contributed by atoms with van der Waals surface area (Å²) < 4.78 is 5.27. The Bertz CT molecular complexity index is 687. The third-order valence-electron chi connectivity index (χ3n) is 4.44. The molecule has 0 unspecified atom stereocenters. The number of nitro groups is 1. The van der Waals surface area contributed by atoms with Gasteiger partial charge in [-0.25, -0.2) is 0 Å². The molecular weight excluding hydrogens is 328 g/mol. The highest BCUT2D eigenvalue weighted by molar-refractivity contribution is 6.02.